The van der Waals surface area contributed by atoms with Crippen LogP contribution >= 0.6 is 0 Å². The Morgan fingerprint density at radius 3 is 0.839 bits per heavy atom. The largest absolute Gasteiger partial charge is 1.20 e. The van der Waals surface area contributed by atoms with Crippen molar-refractivity contribution in [3.8, 4) is 0 Å². The van der Waals surface area contributed by atoms with Crippen molar-refractivity contribution in [2.24, 2.45) is 0 Å². The molecule has 0 fully saturated rings. The molecule has 0 rings (SSSR count). The lowest BCUT2D eigenvalue weighted by atomic mass is 10.3. The summed E-state index contributed by atoms with van der Waals surface area (Å²) in [5, 5.41) is 0. The van der Waals surface area contributed by atoms with Crippen LogP contribution in [-0.4, -0.2) is 68.9 Å². The summed E-state index contributed by atoms with van der Waals surface area (Å²) >= 11 is -4.85. The fourth-order valence-corrected chi connectivity index (χ4v) is 2.25. The molecule has 9 nitrogen and oxygen atoms in total. The summed E-state index contributed by atoms with van der Waals surface area (Å²) < 4.78 is 120. The van der Waals surface area contributed by atoms with Gasteiger partial charge in [-0.05, 0) is 0 Å². The zero-order valence-electron chi connectivity index (χ0n) is 14.3. The van der Waals surface area contributed by atoms with Crippen LogP contribution in [0.1, 0.15) is 19.3 Å². The smallest absolute Gasteiger partial charge is 0.550 e. The van der Waals surface area contributed by atoms with E-state index >= 15 is 0 Å². The van der Waals surface area contributed by atoms with Gasteiger partial charge in [0.1, 0.15) is 19.3 Å². The third-order valence-corrected chi connectivity index (χ3v) is 3.91. The molecule has 0 aromatic rings. The molecular formula is C12H6AlF9O9. The van der Waals surface area contributed by atoms with E-state index in [9.17, 15) is 68.3 Å². The summed E-state index contributed by atoms with van der Waals surface area (Å²) in [6, 6.07) is 0. The van der Waals surface area contributed by atoms with Gasteiger partial charge in [0.2, 0.25) is 17.3 Å². The van der Waals surface area contributed by atoms with Gasteiger partial charge in [0.05, 0.1) is 0 Å². The SMILES string of the molecule is O=C(CC(=O)C(F)(F)F)[O][Al]([O]C(=O)CC(=O)C(F)(F)F)[O]C(=O)CC(=O)C(F)(F)F. The summed E-state index contributed by atoms with van der Waals surface area (Å²) in [5.41, 5.74) is 0. The molecule has 0 radical (unpaired) electrons. The van der Waals surface area contributed by atoms with Crippen LogP contribution in [0.3, 0.4) is 0 Å². The lowest BCUT2D eigenvalue weighted by Crippen LogP contribution is -2.38. The Morgan fingerprint density at radius 1 is 0.484 bits per heavy atom. The van der Waals surface area contributed by atoms with Crippen molar-refractivity contribution in [3.63, 3.8) is 0 Å². The Kier molecular flexibility index (Phi) is 9.66. The van der Waals surface area contributed by atoms with Crippen LogP contribution in [-0.2, 0) is 40.1 Å². The Bertz CT molecular complexity index is 654. The molecule has 0 aliphatic carbocycles. The number of hydrogen-bond donors (Lipinski definition) is 0. The van der Waals surface area contributed by atoms with Crippen molar-refractivity contribution in [2.75, 3.05) is 0 Å². The van der Waals surface area contributed by atoms with Crippen LogP contribution in [0.4, 0.5) is 39.5 Å². The molecule has 19 heteroatoms. The molecule has 0 spiro atoms. The normalized spacial score (nSPS) is 11.9. The second-order valence-electron chi connectivity index (χ2n) is 5.05. The third-order valence-electron chi connectivity index (χ3n) is 2.55. The van der Waals surface area contributed by atoms with Crippen molar-refractivity contribution in [1.82, 2.24) is 0 Å². The fraction of sp³-hybridized carbons (Fsp3) is 0.500. The number of rotatable bonds is 9. The Balaban J connectivity index is 5.28. The summed E-state index contributed by atoms with van der Waals surface area (Å²) in [5.74, 6) is -14.7. The van der Waals surface area contributed by atoms with Crippen molar-refractivity contribution < 1.29 is 79.6 Å². The number of ketones is 3. The van der Waals surface area contributed by atoms with Gasteiger partial charge in [0, 0.05) is 0 Å². The molecule has 0 atom stereocenters. The minimum Gasteiger partial charge on any atom is -0.550 e. The minimum atomic E-state index is -5.55. The number of alkyl halides is 9. The minimum absolute atomic E-state index is 2.09. The maximum Gasteiger partial charge on any atom is 1.20 e. The van der Waals surface area contributed by atoms with Crippen LogP contribution in [0, 0.1) is 0 Å². The summed E-state index contributed by atoms with van der Waals surface area (Å²) in [4.78, 5) is 65.7. The van der Waals surface area contributed by atoms with Crippen LogP contribution in [0.15, 0.2) is 0 Å². The highest BCUT2D eigenvalue weighted by atomic mass is 27.3. The Hall–Kier alpha value is -2.68. The van der Waals surface area contributed by atoms with E-state index in [1.165, 1.54) is 0 Å². The molecule has 0 saturated heterocycles. The van der Waals surface area contributed by atoms with Crippen LogP contribution in [0.25, 0.3) is 0 Å². The number of carbonyl (C=O) groups is 6. The first-order valence-electron chi connectivity index (χ1n) is 7.12. The summed E-state index contributed by atoms with van der Waals surface area (Å²) in [6.45, 7) is 0. The van der Waals surface area contributed by atoms with Crippen LogP contribution in [0.2, 0.25) is 0 Å². The highest BCUT2D eigenvalue weighted by Gasteiger charge is 2.52. The third kappa shape index (κ3) is 11.3. The van der Waals surface area contributed by atoms with E-state index in [-0.39, 0.29) is 0 Å². The number of hydrogen-bond acceptors (Lipinski definition) is 9. The molecule has 0 aromatic heterocycles. The van der Waals surface area contributed by atoms with Gasteiger partial charge in [-0.1, -0.05) is 0 Å². The first-order valence-corrected chi connectivity index (χ1v) is 8.53. The lowest BCUT2D eigenvalue weighted by molar-refractivity contribution is -0.175. The van der Waals surface area contributed by atoms with E-state index in [1.807, 2.05) is 0 Å². The van der Waals surface area contributed by atoms with E-state index in [0.717, 1.165) is 0 Å². The van der Waals surface area contributed by atoms with Crippen molar-refractivity contribution in [3.05, 3.63) is 0 Å². The van der Waals surface area contributed by atoms with Gasteiger partial charge in [0.25, 0.3) is 17.9 Å². The van der Waals surface area contributed by atoms with E-state index in [1.54, 1.807) is 0 Å². The zero-order chi connectivity index (χ0) is 24.8. The highest BCUT2D eigenvalue weighted by molar-refractivity contribution is 6.44. The fourth-order valence-electron chi connectivity index (χ4n) is 1.21. The molecule has 0 N–H and O–H groups in total. The average molecular weight is 492 g/mol. The Labute approximate surface area is 168 Å². The number of carbonyl (C=O) groups excluding carboxylic acids is 6. The summed E-state index contributed by atoms with van der Waals surface area (Å²) in [6.07, 6.45) is -22.9. The predicted molar refractivity (Wildman–Crippen MR) is 71.1 cm³/mol. The van der Waals surface area contributed by atoms with E-state index in [4.69, 9.17) is 0 Å². The maximum absolute atomic E-state index is 12.1. The first-order chi connectivity index (χ1) is 13.7. The van der Waals surface area contributed by atoms with Crippen molar-refractivity contribution >= 4 is 50.4 Å². The van der Waals surface area contributed by atoms with Gasteiger partial charge in [-0.2, -0.15) is 39.5 Å². The maximum atomic E-state index is 12.1. The lowest BCUT2D eigenvalue weighted by Gasteiger charge is -2.14. The van der Waals surface area contributed by atoms with Gasteiger partial charge < -0.3 is 11.4 Å². The number of Topliss-reactive ketones (excluding diaryl/α,β-unsaturated/α-hetero) is 3. The van der Waals surface area contributed by atoms with Gasteiger partial charge in [-0.15, -0.1) is 0 Å². The second-order valence-corrected chi connectivity index (χ2v) is 6.34. The molecular weight excluding hydrogens is 486 g/mol. The first kappa shape index (κ1) is 28.3. The van der Waals surface area contributed by atoms with Crippen LogP contribution < -0.4 is 0 Å². The van der Waals surface area contributed by atoms with E-state index in [0.29, 0.717) is 0 Å². The Morgan fingerprint density at radius 2 is 0.677 bits per heavy atom. The molecule has 0 aliphatic rings. The molecule has 0 aromatic carbocycles. The molecule has 0 heterocycles. The standard InChI is InChI=1S/3C4H3F3O3.Al/c3*5-4(6,7)2(8)1-3(9)10;/h3*1H2,(H,9,10);/q;;;+3/p-3. The molecule has 0 aliphatic heterocycles. The van der Waals surface area contributed by atoms with E-state index < -0.39 is 88.2 Å². The monoisotopic (exact) mass is 492 g/mol. The molecule has 0 amide bonds. The molecule has 0 unspecified atom stereocenters. The number of halogens is 9. The molecule has 31 heavy (non-hydrogen) atoms. The van der Waals surface area contributed by atoms with E-state index in [2.05, 4.69) is 11.4 Å². The van der Waals surface area contributed by atoms with Crippen molar-refractivity contribution in [1.29, 1.82) is 0 Å². The van der Waals surface area contributed by atoms with Gasteiger partial charge in [-0.25, -0.2) is 0 Å². The topological polar surface area (TPSA) is 130 Å². The predicted octanol–water partition coefficient (Wildman–Crippen LogP) is 1.17. The average Bonchev–Trinajstić information content (AvgIpc) is 2.51. The highest BCUT2D eigenvalue weighted by Crippen LogP contribution is 2.20. The second kappa shape index (κ2) is 10.6. The quantitative estimate of drug-likeness (QED) is 0.265. The molecule has 0 bridgehead atoms. The van der Waals surface area contributed by atoms with Crippen molar-refractivity contribution in [2.45, 2.75) is 37.8 Å². The molecule has 0 saturated carbocycles. The molecule has 174 valence electrons. The zero-order valence-corrected chi connectivity index (χ0v) is 15.4. The van der Waals surface area contributed by atoms with Crippen LogP contribution in [0.5, 0.6) is 0 Å². The summed E-state index contributed by atoms with van der Waals surface area (Å²) in [7, 11) is 0. The van der Waals surface area contributed by atoms with Gasteiger partial charge in [-0.3, -0.25) is 28.8 Å². The van der Waals surface area contributed by atoms with Gasteiger partial charge >= 0.3 is 33.7 Å². The van der Waals surface area contributed by atoms with Gasteiger partial charge in [0.15, 0.2) is 0 Å².